The predicted octanol–water partition coefficient (Wildman–Crippen LogP) is 2.44. The number of carboxylic acids is 1. The summed E-state index contributed by atoms with van der Waals surface area (Å²) in [6, 6.07) is 8.74. The minimum Gasteiger partial charge on any atom is -0.477 e. The maximum atomic E-state index is 12.0. The number of carbonyl (C=O) groups excluding carboxylic acids is 1. The molecule has 2 rings (SSSR count). The van der Waals surface area contributed by atoms with Crippen LogP contribution in [0.15, 0.2) is 36.5 Å². The van der Waals surface area contributed by atoms with Crippen molar-refractivity contribution >= 4 is 17.6 Å². The van der Waals surface area contributed by atoms with Crippen molar-refractivity contribution in [2.75, 3.05) is 5.32 Å². The van der Waals surface area contributed by atoms with Crippen LogP contribution >= 0.6 is 0 Å². The van der Waals surface area contributed by atoms with Crippen molar-refractivity contribution in [3.8, 4) is 0 Å². The van der Waals surface area contributed by atoms with Crippen LogP contribution in [-0.2, 0) is 11.3 Å². The average Bonchev–Trinajstić information content (AvgIpc) is 2.83. The fourth-order valence-corrected chi connectivity index (χ4v) is 1.98. The molecule has 1 aromatic carbocycles. The Morgan fingerprint density at radius 2 is 1.95 bits per heavy atom. The molecule has 0 atom stereocenters. The van der Waals surface area contributed by atoms with Gasteiger partial charge < -0.3 is 15.0 Å². The second-order valence-electron chi connectivity index (χ2n) is 4.62. The summed E-state index contributed by atoms with van der Waals surface area (Å²) in [5.74, 6) is -1.30. The molecule has 20 heavy (non-hydrogen) atoms. The predicted molar refractivity (Wildman–Crippen MR) is 75.9 cm³/mol. The Bertz CT molecular complexity index is 659. The number of benzene rings is 1. The number of aromatic nitrogens is 1. The Balaban J connectivity index is 2.11. The summed E-state index contributed by atoms with van der Waals surface area (Å²) >= 11 is 0. The zero-order valence-electron chi connectivity index (χ0n) is 11.4. The molecule has 2 aromatic rings. The molecule has 0 saturated carbocycles. The quantitative estimate of drug-likeness (QED) is 0.898. The van der Waals surface area contributed by atoms with E-state index < -0.39 is 5.97 Å². The van der Waals surface area contributed by atoms with Crippen LogP contribution in [-0.4, -0.2) is 21.6 Å². The second kappa shape index (κ2) is 5.61. The molecule has 2 N–H and O–H groups in total. The molecule has 0 aliphatic heterocycles. The van der Waals surface area contributed by atoms with E-state index in [1.165, 1.54) is 10.6 Å². The van der Waals surface area contributed by atoms with Gasteiger partial charge in [0.05, 0.1) is 0 Å². The first-order chi connectivity index (χ1) is 9.49. The highest BCUT2D eigenvalue weighted by molar-refractivity contribution is 5.92. The molecule has 0 aliphatic carbocycles. The lowest BCUT2D eigenvalue weighted by Gasteiger charge is -2.11. The number of nitrogens with one attached hydrogen (secondary N) is 1. The summed E-state index contributed by atoms with van der Waals surface area (Å²) in [7, 11) is 0. The van der Waals surface area contributed by atoms with Gasteiger partial charge in [0.25, 0.3) is 0 Å². The number of aromatic carboxylic acids is 1. The fourth-order valence-electron chi connectivity index (χ4n) is 1.98. The van der Waals surface area contributed by atoms with Crippen molar-refractivity contribution in [3.63, 3.8) is 0 Å². The Morgan fingerprint density at radius 3 is 2.65 bits per heavy atom. The van der Waals surface area contributed by atoms with Crippen molar-refractivity contribution < 1.29 is 14.7 Å². The summed E-state index contributed by atoms with van der Waals surface area (Å²) in [6.07, 6.45) is 1.58. The molecule has 0 spiro atoms. The average molecular weight is 272 g/mol. The van der Waals surface area contributed by atoms with Gasteiger partial charge in [0.1, 0.15) is 12.2 Å². The van der Waals surface area contributed by atoms with Crippen molar-refractivity contribution in [2.24, 2.45) is 0 Å². The Labute approximate surface area is 116 Å². The molecular weight excluding hydrogens is 256 g/mol. The Kier molecular flexibility index (Phi) is 3.89. The van der Waals surface area contributed by atoms with Crippen LogP contribution < -0.4 is 5.32 Å². The number of anilines is 1. The number of hydrogen-bond donors (Lipinski definition) is 2. The van der Waals surface area contributed by atoms with Crippen LogP contribution in [0.4, 0.5) is 5.69 Å². The maximum Gasteiger partial charge on any atom is 0.352 e. The normalized spacial score (nSPS) is 10.3. The highest BCUT2D eigenvalue weighted by atomic mass is 16.4. The molecule has 5 nitrogen and oxygen atoms in total. The van der Waals surface area contributed by atoms with Gasteiger partial charge in [0.15, 0.2) is 0 Å². The van der Waals surface area contributed by atoms with Gasteiger partial charge in [-0.3, -0.25) is 4.79 Å². The highest BCUT2D eigenvalue weighted by Crippen LogP contribution is 2.18. The molecule has 1 aromatic heterocycles. The second-order valence-corrected chi connectivity index (χ2v) is 4.62. The van der Waals surface area contributed by atoms with E-state index in [4.69, 9.17) is 5.11 Å². The van der Waals surface area contributed by atoms with Gasteiger partial charge in [-0.05, 0) is 43.2 Å². The van der Waals surface area contributed by atoms with Crippen molar-refractivity contribution in [1.29, 1.82) is 0 Å². The van der Waals surface area contributed by atoms with E-state index in [9.17, 15) is 9.59 Å². The third kappa shape index (κ3) is 2.88. The maximum absolute atomic E-state index is 12.0. The zero-order valence-corrected chi connectivity index (χ0v) is 11.4. The molecule has 0 fully saturated rings. The number of carbonyl (C=O) groups is 2. The van der Waals surface area contributed by atoms with Crippen molar-refractivity contribution in [2.45, 2.75) is 20.4 Å². The van der Waals surface area contributed by atoms with E-state index in [1.807, 2.05) is 32.0 Å². The van der Waals surface area contributed by atoms with Gasteiger partial charge >= 0.3 is 5.97 Å². The molecule has 0 saturated heterocycles. The number of carboxylic acid groups (broad SMARTS) is 1. The van der Waals surface area contributed by atoms with Gasteiger partial charge in [0, 0.05) is 11.9 Å². The third-order valence-electron chi connectivity index (χ3n) is 3.24. The first-order valence-corrected chi connectivity index (χ1v) is 6.23. The molecular formula is C15H16N2O3. The van der Waals surface area contributed by atoms with Crippen LogP contribution in [0.25, 0.3) is 0 Å². The van der Waals surface area contributed by atoms with E-state index >= 15 is 0 Å². The fraction of sp³-hybridized carbons (Fsp3) is 0.200. The molecule has 104 valence electrons. The Morgan fingerprint density at radius 1 is 1.20 bits per heavy atom. The lowest BCUT2D eigenvalue weighted by molar-refractivity contribution is -0.116. The summed E-state index contributed by atoms with van der Waals surface area (Å²) in [6.45, 7) is 3.88. The minimum absolute atomic E-state index is 0.0258. The number of amides is 1. The van der Waals surface area contributed by atoms with Gasteiger partial charge in [-0.1, -0.05) is 12.1 Å². The van der Waals surface area contributed by atoms with E-state index in [-0.39, 0.29) is 18.1 Å². The number of aryl methyl sites for hydroxylation is 1. The first kappa shape index (κ1) is 13.9. The molecule has 1 amide bonds. The minimum atomic E-state index is -1.05. The van der Waals surface area contributed by atoms with Gasteiger partial charge in [0.2, 0.25) is 5.91 Å². The summed E-state index contributed by atoms with van der Waals surface area (Å²) in [5, 5.41) is 11.8. The SMILES string of the molecule is Cc1cccc(NC(=O)Cn2cccc2C(=O)O)c1C. The van der Waals surface area contributed by atoms with Crippen LogP contribution in [0.3, 0.4) is 0 Å². The van der Waals surface area contributed by atoms with Crippen LogP contribution in [0.1, 0.15) is 21.6 Å². The number of rotatable bonds is 4. The van der Waals surface area contributed by atoms with Crippen LogP contribution in [0.5, 0.6) is 0 Å². The molecule has 5 heteroatoms. The topological polar surface area (TPSA) is 71.3 Å². The third-order valence-corrected chi connectivity index (χ3v) is 3.24. The van der Waals surface area contributed by atoms with E-state index in [1.54, 1.807) is 12.3 Å². The van der Waals surface area contributed by atoms with Crippen LogP contribution in [0.2, 0.25) is 0 Å². The van der Waals surface area contributed by atoms with E-state index in [0.29, 0.717) is 0 Å². The smallest absolute Gasteiger partial charge is 0.352 e. The standard InChI is InChI=1S/C15H16N2O3/c1-10-5-3-6-12(11(10)2)16-14(18)9-17-8-4-7-13(17)15(19)20/h3-8H,9H2,1-2H3,(H,16,18)(H,19,20). The molecule has 0 aliphatic rings. The molecule has 0 unspecified atom stereocenters. The largest absolute Gasteiger partial charge is 0.477 e. The summed E-state index contributed by atoms with van der Waals surface area (Å²) in [5.41, 5.74) is 2.95. The van der Waals surface area contributed by atoms with E-state index in [0.717, 1.165) is 16.8 Å². The zero-order chi connectivity index (χ0) is 14.7. The Hall–Kier alpha value is -2.56. The lowest BCUT2D eigenvalue weighted by Crippen LogP contribution is -2.21. The van der Waals surface area contributed by atoms with Gasteiger partial charge in [-0.2, -0.15) is 0 Å². The first-order valence-electron chi connectivity index (χ1n) is 6.23. The van der Waals surface area contributed by atoms with Crippen molar-refractivity contribution in [1.82, 2.24) is 4.57 Å². The monoisotopic (exact) mass is 272 g/mol. The van der Waals surface area contributed by atoms with Gasteiger partial charge in [-0.25, -0.2) is 4.79 Å². The highest BCUT2D eigenvalue weighted by Gasteiger charge is 2.12. The lowest BCUT2D eigenvalue weighted by atomic mass is 10.1. The van der Waals surface area contributed by atoms with Crippen LogP contribution in [0, 0.1) is 13.8 Å². The molecule has 0 bridgehead atoms. The molecule has 1 heterocycles. The summed E-state index contributed by atoms with van der Waals surface area (Å²) in [4.78, 5) is 23.0. The number of hydrogen-bond acceptors (Lipinski definition) is 2. The van der Waals surface area contributed by atoms with Gasteiger partial charge in [-0.15, -0.1) is 0 Å². The number of nitrogens with zero attached hydrogens (tertiary/aromatic N) is 1. The van der Waals surface area contributed by atoms with Crippen molar-refractivity contribution in [3.05, 3.63) is 53.3 Å². The van der Waals surface area contributed by atoms with E-state index in [2.05, 4.69) is 5.32 Å². The summed E-state index contributed by atoms with van der Waals surface area (Å²) < 4.78 is 1.41. The molecule has 0 radical (unpaired) electrons.